The van der Waals surface area contributed by atoms with Gasteiger partial charge in [-0.25, -0.2) is 4.98 Å². The number of nitrogens with one attached hydrogen (secondary N) is 2. The fraction of sp³-hybridized carbons (Fsp3) is 0.115. The summed E-state index contributed by atoms with van der Waals surface area (Å²) in [6, 6.07) is 22.5. The number of H-pyrrole nitrogens is 1. The first-order valence-electron chi connectivity index (χ1n) is 10.3. The van der Waals surface area contributed by atoms with Crippen LogP contribution >= 0.6 is 0 Å². The van der Waals surface area contributed by atoms with Crippen molar-refractivity contribution in [3.8, 4) is 17.6 Å². The molecule has 7 heteroatoms. The Balaban J connectivity index is 1.58. The SMILES string of the molecule is COc1ccc(/C=C(\C#N)c2nc3ccccc3[nH]2)c(OCC(=O)Nc2cccc(C)c2)c1. The Morgan fingerprint density at radius 1 is 1.15 bits per heavy atom. The zero-order valence-electron chi connectivity index (χ0n) is 18.3. The van der Waals surface area contributed by atoms with Crippen LogP contribution in [0, 0.1) is 18.3 Å². The van der Waals surface area contributed by atoms with Gasteiger partial charge in [0.2, 0.25) is 0 Å². The average molecular weight is 438 g/mol. The summed E-state index contributed by atoms with van der Waals surface area (Å²) in [6.45, 7) is 1.75. The molecule has 0 aliphatic rings. The summed E-state index contributed by atoms with van der Waals surface area (Å²) in [5.41, 5.74) is 4.32. The van der Waals surface area contributed by atoms with Crippen LogP contribution in [0.3, 0.4) is 0 Å². The molecule has 0 spiro atoms. The molecule has 0 saturated carbocycles. The van der Waals surface area contributed by atoms with Crippen LogP contribution in [0.4, 0.5) is 5.69 Å². The van der Waals surface area contributed by atoms with Crippen LogP contribution in [-0.2, 0) is 4.79 Å². The third-order valence-corrected chi connectivity index (χ3v) is 4.95. The van der Waals surface area contributed by atoms with Crippen LogP contribution in [0.5, 0.6) is 11.5 Å². The Bertz CT molecular complexity index is 1350. The largest absolute Gasteiger partial charge is 0.497 e. The lowest BCUT2D eigenvalue weighted by atomic mass is 10.1. The van der Waals surface area contributed by atoms with Gasteiger partial charge in [0.15, 0.2) is 6.61 Å². The summed E-state index contributed by atoms with van der Waals surface area (Å²) in [5, 5.41) is 12.6. The quantitative estimate of drug-likeness (QED) is 0.397. The number of rotatable bonds is 7. The van der Waals surface area contributed by atoms with E-state index < -0.39 is 0 Å². The van der Waals surface area contributed by atoms with Gasteiger partial charge < -0.3 is 19.8 Å². The molecule has 1 aromatic heterocycles. The molecule has 4 aromatic rings. The molecule has 164 valence electrons. The van der Waals surface area contributed by atoms with Crippen LogP contribution in [0.15, 0.2) is 66.7 Å². The van der Waals surface area contributed by atoms with Crippen molar-refractivity contribution in [2.75, 3.05) is 19.0 Å². The van der Waals surface area contributed by atoms with E-state index >= 15 is 0 Å². The molecule has 0 saturated heterocycles. The van der Waals surface area contributed by atoms with Crippen LogP contribution in [-0.4, -0.2) is 29.6 Å². The topological polar surface area (TPSA) is 100 Å². The van der Waals surface area contributed by atoms with Crippen molar-refractivity contribution >= 4 is 34.3 Å². The Morgan fingerprint density at radius 2 is 2.00 bits per heavy atom. The number of nitriles is 1. The molecule has 0 aliphatic carbocycles. The third-order valence-electron chi connectivity index (χ3n) is 4.95. The van der Waals surface area contributed by atoms with Gasteiger partial charge in [0.05, 0.1) is 23.7 Å². The molecule has 0 aliphatic heterocycles. The minimum Gasteiger partial charge on any atom is -0.497 e. The fourth-order valence-electron chi connectivity index (χ4n) is 3.34. The van der Waals surface area contributed by atoms with Crippen molar-refractivity contribution in [1.82, 2.24) is 9.97 Å². The molecule has 3 aromatic carbocycles. The summed E-state index contributed by atoms with van der Waals surface area (Å²) in [4.78, 5) is 20.1. The smallest absolute Gasteiger partial charge is 0.262 e. The maximum Gasteiger partial charge on any atom is 0.262 e. The third kappa shape index (κ3) is 5.20. The molecule has 4 rings (SSSR count). The summed E-state index contributed by atoms with van der Waals surface area (Å²) >= 11 is 0. The predicted octanol–water partition coefficient (Wildman–Crippen LogP) is 4.96. The number of amides is 1. The van der Waals surface area contributed by atoms with E-state index in [4.69, 9.17) is 9.47 Å². The number of anilines is 1. The number of para-hydroxylation sites is 2. The van der Waals surface area contributed by atoms with E-state index in [1.807, 2.05) is 55.5 Å². The van der Waals surface area contributed by atoms with Crippen molar-refractivity contribution in [3.63, 3.8) is 0 Å². The average Bonchev–Trinajstić information content (AvgIpc) is 3.25. The highest BCUT2D eigenvalue weighted by molar-refractivity contribution is 5.93. The van der Waals surface area contributed by atoms with Crippen LogP contribution in [0.1, 0.15) is 17.0 Å². The van der Waals surface area contributed by atoms with E-state index in [1.54, 1.807) is 31.4 Å². The maximum atomic E-state index is 12.4. The highest BCUT2D eigenvalue weighted by Gasteiger charge is 2.12. The van der Waals surface area contributed by atoms with Crippen molar-refractivity contribution in [1.29, 1.82) is 5.26 Å². The van der Waals surface area contributed by atoms with E-state index in [-0.39, 0.29) is 12.5 Å². The Labute approximate surface area is 191 Å². The first-order chi connectivity index (χ1) is 16.1. The first kappa shape index (κ1) is 21.7. The Hall–Kier alpha value is -4.57. The monoisotopic (exact) mass is 438 g/mol. The zero-order chi connectivity index (χ0) is 23.2. The van der Waals surface area contributed by atoms with Crippen molar-refractivity contribution < 1.29 is 14.3 Å². The number of fused-ring (bicyclic) bond motifs is 1. The predicted molar refractivity (Wildman–Crippen MR) is 128 cm³/mol. The number of carbonyl (C=O) groups is 1. The number of aromatic amines is 1. The van der Waals surface area contributed by atoms with E-state index in [2.05, 4.69) is 21.4 Å². The van der Waals surface area contributed by atoms with Gasteiger partial charge in [-0.3, -0.25) is 4.79 Å². The van der Waals surface area contributed by atoms with Gasteiger partial charge in [-0.05, 0) is 55.0 Å². The number of hydrogen-bond donors (Lipinski definition) is 2. The summed E-state index contributed by atoms with van der Waals surface area (Å²) < 4.78 is 11.1. The zero-order valence-corrected chi connectivity index (χ0v) is 18.3. The molecule has 2 N–H and O–H groups in total. The van der Waals surface area contributed by atoms with E-state index in [1.165, 1.54) is 0 Å². The van der Waals surface area contributed by atoms with Gasteiger partial charge >= 0.3 is 0 Å². The first-order valence-corrected chi connectivity index (χ1v) is 10.3. The van der Waals surface area contributed by atoms with Gasteiger partial charge in [0, 0.05) is 17.3 Å². The van der Waals surface area contributed by atoms with Gasteiger partial charge in [-0.1, -0.05) is 24.3 Å². The number of hydrogen-bond acceptors (Lipinski definition) is 5. The van der Waals surface area contributed by atoms with Crippen LogP contribution < -0.4 is 14.8 Å². The number of aryl methyl sites for hydroxylation is 1. The summed E-state index contributed by atoms with van der Waals surface area (Å²) in [5.74, 6) is 1.15. The normalized spacial score (nSPS) is 11.1. The molecule has 0 bridgehead atoms. The number of ether oxygens (including phenoxy) is 2. The Kier molecular flexibility index (Phi) is 6.37. The lowest BCUT2D eigenvalue weighted by Gasteiger charge is -2.12. The van der Waals surface area contributed by atoms with Gasteiger partial charge in [0.1, 0.15) is 23.4 Å². The molecule has 0 atom stereocenters. The molecular formula is C26H22N4O3. The molecule has 1 amide bonds. The van der Waals surface area contributed by atoms with E-state index in [9.17, 15) is 10.1 Å². The number of carbonyl (C=O) groups excluding carboxylic acids is 1. The second kappa shape index (κ2) is 9.71. The standard InChI is InChI=1S/C26H22N4O3/c1-17-6-5-7-20(12-17)28-25(31)16-33-24-14-21(32-2)11-10-18(24)13-19(15-27)26-29-22-8-3-4-9-23(22)30-26/h3-14H,16H2,1-2H3,(H,28,31)(H,29,30)/b19-13+. The van der Waals surface area contributed by atoms with E-state index in [0.717, 1.165) is 16.6 Å². The number of imidazole rings is 1. The molecule has 0 unspecified atom stereocenters. The summed E-state index contributed by atoms with van der Waals surface area (Å²) in [7, 11) is 1.55. The minimum atomic E-state index is -0.295. The van der Waals surface area contributed by atoms with Crippen molar-refractivity contribution in [3.05, 3.63) is 83.7 Å². The number of allylic oxidation sites excluding steroid dienone is 1. The summed E-state index contributed by atoms with van der Waals surface area (Å²) in [6.07, 6.45) is 1.67. The minimum absolute atomic E-state index is 0.200. The highest BCUT2D eigenvalue weighted by Crippen LogP contribution is 2.29. The van der Waals surface area contributed by atoms with Crippen molar-refractivity contribution in [2.24, 2.45) is 0 Å². The number of methoxy groups -OCH3 is 1. The molecule has 0 fully saturated rings. The lowest BCUT2D eigenvalue weighted by molar-refractivity contribution is -0.118. The van der Waals surface area contributed by atoms with E-state index in [0.29, 0.717) is 34.1 Å². The van der Waals surface area contributed by atoms with Gasteiger partial charge in [0.25, 0.3) is 5.91 Å². The van der Waals surface area contributed by atoms with Crippen LogP contribution in [0.2, 0.25) is 0 Å². The number of nitrogens with zero attached hydrogens (tertiary/aromatic N) is 2. The number of aromatic nitrogens is 2. The Morgan fingerprint density at radius 3 is 2.76 bits per heavy atom. The highest BCUT2D eigenvalue weighted by atomic mass is 16.5. The second-order valence-electron chi connectivity index (χ2n) is 7.38. The maximum absolute atomic E-state index is 12.4. The van der Waals surface area contributed by atoms with Crippen molar-refractivity contribution in [2.45, 2.75) is 6.92 Å². The lowest BCUT2D eigenvalue weighted by Crippen LogP contribution is -2.20. The van der Waals surface area contributed by atoms with Gasteiger partial charge in [-0.2, -0.15) is 5.26 Å². The van der Waals surface area contributed by atoms with Gasteiger partial charge in [-0.15, -0.1) is 0 Å². The molecule has 7 nitrogen and oxygen atoms in total. The molecule has 0 radical (unpaired) electrons. The van der Waals surface area contributed by atoms with Crippen LogP contribution in [0.25, 0.3) is 22.7 Å². The fourth-order valence-corrected chi connectivity index (χ4v) is 3.34. The second-order valence-corrected chi connectivity index (χ2v) is 7.38. The molecular weight excluding hydrogens is 416 g/mol. The number of benzene rings is 3. The molecule has 33 heavy (non-hydrogen) atoms. The molecule has 1 heterocycles.